The summed E-state index contributed by atoms with van der Waals surface area (Å²) in [6.07, 6.45) is 4.87. The molecule has 0 bridgehead atoms. The lowest BCUT2D eigenvalue weighted by Crippen LogP contribution is -2.31. The van der Waals surface area contributed by atoms with Crippen LogP contribution in [0.15, 0.2) is 24.9 Å². The maximum Gasteiger partial charge on any atom is 0.0487 e. The lowest BCUT2D eigenvalue weighted by molar-refractivity contribution is 0.553. The van der Waals surface area contributed by atoms with Crippen molar-refractivity contribution in [3.63, 3.8) is 0 Å². The van der Waals surface area contributed by atoms with Crippen LogP contribution in [0, 0.1) is 5.92 Å². The number of hydrogen-bond acceptors (Lipinski definition) is 1. The smallest absolute Gasteiger partial charge is 0.0487 e. The highest BCUT2D eigenvalue weighted by molar-refractivity contribution is 5.24. The fraction of sp³-hybridized carbons (Fsp3) is 0.556. The van der Waals surface area contributed by atoms with Crippen LogP contribution in [0.2, 0.25) is 0 Å². The predicted molar refractivity (Wildman–Crippen MR) is 44.7 cm³/mol. The Kier molecular flexibility index (Phi) is 2.15. The van der Waals surface area contributed by atoms with Gasteiger partial charge in [-0.2, -0.15) is 0 Å². The summed E-state index contributed by atoms with van der Waals surface area (Å²) in [4.78, 5) is 0. The quantitative estimate of drug-likeness (QED) is 0.504. The van der Waals surface area contributed by atoms with Gasteiger partial charge in [-0.3, -0.25) is 0 Å². The zero-order valence-corrected chi connectivity index (χ0v) is 6.56. The zero-order chi connectivity index (χ0) is 7.56. The Labute approximate surface area is 62.8 Å². The van der Waals surface area contributed by atoms with Gasteiger partial charge < -0.3 is 5.32 Å². The van der Waals surface area contributed by atoms with E-state index in [0.29, 0.717) is 0 Å². The standard InChI is InChI=1S/C7H11N.C2H4/c1-5-2-6-4-8-7(6)3-5;1-2/h4-5,7-8H,2-3H2,1H3;1-2H2. The molecule has 1 saturated carbocycles. The average molecular weight is 137 g/mol. The van der Waals surface area contributed by atoms with Crippen LogP contribution >= 0.6 is 0 Å². The van der Waals surface area contributed by atoms with Crippen LogP contribution in [0.3, 0.4) is 0 Å². The highest BCUT2D eigenvalue weighted by atomic mass is 15.0. The first-order valence-corrected chi connectivity index (χ1v) is 3.81. The van der Waals surface area contributed by atoms with Crippen molar-refractivity contribution >= 4 is 0 Å². The second kappa shape index (κ2) is 2.91. The summed E-state index contributed by atoms with van der Waals surface area (Å²) >= 11 is 0. The molecule has 0 aromatic rings. The van der Waals surface area contributed by atoms with E-state index >= 15 is 0 Å². The van der Waals surface area contributed by atoms with Gasteiger partial charge in [0, 0.05) is 6.04 Å². The van der Waals surface area contributed by atoms with E-state index < -0.39 is 0 Å². The van der Waals surface area contributed by atoms with Gasteiger partial charge in [0.15, 0.2) is 0 Å². The van der Waals surface area contributed by atoms with Crippen molar-refractivity contribution in [3.05, 3.63) is 24.9 Å². The largest absolute Gasteiger partial charge is 0.384 e. The fourth-order valence-corrected chi connectivity index (χ4v) is 1.63. The molecule has 1 fully saturated rings. The van der Waals surface area contributed by atoms with Crippen LogP contribution in [-0.2, 0) is 0 Å². The summed E-state index contributed by atoms with van der Waals surface area (Å²) in [6.45, 7) is 8.32. The molecule has 10 heavy (non-hydrogen) atoms. The van der Waals surface area contributed by atoms with Crippen molar-refractivity contribution in [1.29, 1.82) is 0 Å². The molecule has 2 unspecified atom stereocenters. The predicted octanol–water partition coefficient (Wildman–Crippen LogP) is 2.07. The van der Waals surface area contributed by atoms with Crippen LogP contribution in [-0.4, -0.2) is 6.04 Å². The van der Waals surface area contributed by atoms with E-state index in [9.17, 15) is 0 Å². The second-order valence-electron chi connectivity index (χ2n) is 2.98. The molecule has 0 saturated heterocycles. The van der Waals surface area contributed by atoms with E-state index in [-0.39, 0.29) is 0 Å². The number of rotatable bonds is 0. The van der Waals surface area contributed by atoms with Gasteiger partial charge in [-0.15, -0.1) is 13.2 Å². The SMILES string of the molecule is C=C.CC1CC2=CNC2C1. The molecule has 0 radical (unpaired) electrons. The van der Waals surface area contributed by atoms with Gasteiger partial charge in [-0.1, -0.05) is 6.92 Å². The topological polar surface area (TPSA) is 12.0 Å². The van der Waals surface area contributed by atoms with Crippen LogP contribution < -0.4 is 5.32 Å². The minimum atomic E-state index is 0.782. The molecule has 1 heteroatoms. The van der Waals surface area contributed by atoms with E-state index in [1.54, 1.807) is 5.57 Å². The Balaban J connectivity index is 0.000000231. The van der Waals surface area contributed by atoms with Crippen molar-refractivity contribution in [1.82, 2.24) is 5.32 Å². The van der Waals surface area contributed by atoms with Crippen molar-refractivity contribution in [2.75, 3.05) is 0 Å². The van der Waals surface area contributed by atoms with Crippen LogP contribution in [0.4, 0.5) is 0 Å². The summed E-state index contributed by atoms with van der Waals surface area (Å²) in [6, 6.07) is 0.782. The average Bonchev–Trinajstić information content (AvgIpc) is 2.19. The van der Waals surface area contributed by atoms with E-state index in [1.807, 2.05) is 0 Å². The van der Waals surface area contributed by atoms with Crippen molar-refractivity contribution < 1.29 is 0 Å². The molecule has 56 valence electrons. The van der Waals surface area contributed by atoms with Crippen molar-refractivity contribution in [3.8, 4) is 0 Å². The molecule has 2 rings (SSSR count). The normalized spacial score (nSPS) is 33.9. The molecule has 0 spiro atoms. The summed E-state index contributed by atoms with van der Waals surface area (Å²) in [5.74, 6) is 0.932. The van der Waals surface area contributed by atoms with Crippen molar-refractivity contribution in [2.24, 2.45) is 5.92 Å². The zero-order valence-electron chi connectivity index (χ0n) is 6.56. The number of nitrogens with one attached hydrogen (secondary N) is 1. The highest BCUT2D eigenvalue weighted by Gasteiger charge is 2.30. The highest BCUT2D eigenvalue weighted by Crippen LogP contribution is 2.33. The Morgan fingerprint density at radius 1 is 1.60 bits per heavy atom. The first kappa shape index (κ1) is 7.39. The molecule has 2 aliphatic rings. The summed E-state index contributed by atoms with van der Waals surface area (Å²) in [5, 5.41) is 3.28. The Morgan fingerprint density at radius 3 is 2.50 bits per heavy atom. The van der Waals surface area contributed by atoms with Gasteiger partial charge in [0.25, 0.3) is 0 Å². The molecule has 1 aliphatic heterocycles. The minimum Gasteiger partial charge on any atom is -0.384 e. The van der Waals surface area contributed by atoms with Gasteiger partial charge in [-0.05, 0) is 30.5 Å². The Hall–Kier alpha value is -0.720. The number of hydrogen-bond donors (Lipinski definition) is 1. The molecule has 0 aromatic heterocycles. The molecule has 0 amide bonds. The van der Waals surface area contributed by atoms with Gasteiger partial charge in [0.05, 0.1) is 0 Å². The molecule has 1 nitrogen and oxygen atoms in total. The molecule has 1 N–H and O–H groups in total. The molecule has 2 atom stereocenters. The lowest BCUT2D eigenvalue weighted by Gasteiger charge is -2.21. The van der Waals surface area contributed by atoms with Crippen molar-refractivity contribution in [2.45, 2.75) is 25.8 Å². The van der Waals surface area contributed by atoms with E-state index in [2.05, 4.69) is 31.6 Å². The monoisotopic (exact) mass is 137 g/mol. The molecule has 0 aromatic carbocycles. The van der Waals surface area contributed by atoms with E-state index in [0.717, 1.165) is 12.0 Å². The Bertz CT molecular complexity index is 149. The molecule has 1 heterocycles. The third-order valence-corrected chi connectivity index (χ3v) is 2.14. The Morgan fingerprint density at radius 2 is 2.30 bits per heavy atom. The fourth-order valence-electron chi connectivity index (χ4n) is 1.63. The maximum atomic E-state index is 3.28. The van der Waals surface area contributed by atoms with E-state index in [1.165, 1.54) is 12.8 Å². The van der Waals surface area contributed by atoms with Crippen LogP contribution in [0.1, 0.15) is 19.8 Å². The third kappa shape index (κ3) is 1.08. The number of fused-ring (bicyclic) bond motifs is 1. The second-order valence-corrected chi connectivity index (χ2v) is 2.98. The summed E-state index contributed by atoms with van der Waals surface area (Å²) < 4.78 is 0. The maximum absolute atomic E-state index is 3.28. The first-order valence-electron chi connectivity index (χ1n) is 3.81. The van der Waals surface area contributed by atoms with Gasteiger partial charge in [-0.25, -0.2) is 0 Å². The molecule has 1 aliphatic carbocycles. The van der Waals surface area contributed by atoms with E-state index in [4.69, 9.17) is 0 Å². The third-order valence-electron chi connectivity index (χ3n) is 2.14. The minimum absolute atomic E-state index is 0.782. The summed E-state index contributed by atoms with van der Waals surface area (Å²) in [5.41, 5.74) is 1.65. The van der Waals surface area contributed by atoms with Gasteiger partial charge in [0.1, 0.15) is 0 Å². The lowest BCUT2D eigenvalue weighted by atomic mass is 10.1. The first-order chi connectivity index (χ1) is 4.86. The molecular weight excluding hydrogens is 122 g/mol. The summed E-state index contributed by atoms with van der Waals surface area (Å²) in [7, 11) is 0. The van der Waals surface area contributed by atoms with Gasteiger partial charge in [0.2, 0.25) is 0 Å². The van der Waals surface area contributed by atoms with Crippen LogP contribution in [0.5, 0.6) is 0 Å². The van der Waals surface area contributed by atoms with Crippen LogP contribution in [0.25, 0.3) is 0 Å². The van der Waals surface area contributed by atoms with Gasteiger partial charge >= 0.3 is 0 Å². The molecular formula is C9H15N.